The summed E-state index contributed by atoms with van der Waals surface area (Å²) in [5.74, 6) is 0.773. The fourth-order valence-electron chi connectivity index (χ4n) is 16.6. The average Bonchev–Trinajstić information content (AvgIpc) is 3.95. The molecule has 326 valence electrons. The lowest BCUT2D eigenvalue weighted by Gasteiger charge is -2.73. The fraction of sp³-hybridized carbons (Fsp3) is 0.725. The number of fused-ring (bicyclic) bond motifs is 7. The van der Waals surface area contributed by atoms with Crippen LogP contribution in [0.4, 0.5) is 4.39 Å². The molecular weight excluding hydrogens is 754 g/mol. The Labute approximate surface area is 357 Å². The van der Waals surface area contributed by atoms with Gasteiger partial charge in [-0.1, -0.05) is 72.8 Å². The zero-order chi connectivity index (χ0) is 42.9. The third kappa shape index (κ3) is 5.70. The smallest absolute Gasteiger partial charge is 0.309 e. The van der Waals surface area contributed by atoms with Crippen molar-refractivity contribution in [1.29, 1.82) is 0 Å². The van der Waals surface area contributed by atoms with E-state index >= 15 is 4.79 Å². The molecular formula is C51H70FN3O5. The molecule has 0 bridgehead atoms. The van der Waals surface area contributed by atoms with Crippen LogP contribution in [0.3, 0.4) is 0 Å². The maximum absolute atomic E-state index is 15.5. The van der Waals surface area contributed by atoms with Crippen LogP contribution in [-0.2, 0) is 19.1 Å². The summed E-state index contributed by atoms with van der Waals surface area (Å²) in [6, 6.07) is 6.63. The van der Waals surface area contributed by atoms with Crippen molar-refractivity contribution in [2.75, 3.05) is 6.54 Å². The molecule has 8 nitrogen and oxygen atoms in total. The van der Waals surface area contributed by atoms with E-state index in [0.717, 1.165) is 89.4 Å². The zero-order valence-corrected chi connectivity index (χ0v) is 37.5. The Morgan fingerprint density at radius 1 is 0.867 bits per heavy atom. The van der Waals surface area contributed by atoms with Crippen molar-refractivity contribution in [3.8, 4) is 11.3 Å². The number of carbonyl (C=O) groups is 3. The van der Waals surface area contributed by atoms with Gasteiger partial charge in [0.15, 0.2) is 0 Å². The monoisotopic (exact) mass is 824 g/mol. The quantitative estimate of drug-likeness (QED) is 0.212. The molecule has 7 aliphatic rings. The number of imidazole rings is 1. The lowest BCUT2D eigenvalue weighted by atomic mass is 9.32. The number of aromatic nitrogens is 2. The molecule has 2 aromatic rings. The van der Waals surface area contributed by atoms with E-state index in [1.54, 1.807) is 18.3 Å². The maximum atomic E-state index is 15.5. The van der Waals surface area contributed by atoms with E-state index in [4.69, 9.17) is 9.72 Å². The molecule has 0 radical (unpaired) electrons. The number of ether oxygens (including phenoxy) is 1. The van der Waals surface area contributed by atoms with Gasteiger partial charge in [-0.2, -0.15) is 0 Å². The topological polar surface area (TPSA) is 113 Å². The normalized spacial score (nSPS) is 42.5. The van der Waals surface area contributed by atoms with Crippen molar-refractivity contribution in [3.63, 3.8) is 0 Å². The standard InChI is InChI=1S/C51H70FN3O5/c1-29(2)30-18-23-51(45(59)55-26-12-15-37(55)42-53-28-36(54-42)31-13-10-11-14-35(31)52)25-24-49(8)32(41(30)51)16-17-39-48(7)21-20-40(47(5,6)38(48)19-22-50(39,49)9)60-44(58)34-27-33(43(56)57)46(34,3)4/h10-11,13-14,28,30,32-34,37-41H,1,12,15-27H2,2-9H3,(H,53,54)(H,56,57)/t30-,32+,33-,34+,37-,38-,39+,40-,41+,48-,49+,50+,51-/m0/s1. The molecule has 9 heteroatoms. The number of amides is 1. The summed E-state index contributed by atoms with van der Waals surface area (Å²) in [7, 11) is 0. The van der Waals surface area contributed by atoms with Crippen LogP contribution in [0.5, 0.6) is 0 Å². The molecule has 13 atom stereocenters. The van der Waals surface area contributed by atoms with Gasteiger partial charge < -0.3 is 19.7 Å². The number of hydrogen-bond donors (Lipinski definition) is 2. The molecule has 0 spiro atoms. The minimum absolute atomic E-state index is 0.0698. The zero-order valence-electron chi connectivity index (χ0n) is 37.5. The number of esters is 1. The second-order valence-electron chi connectivity index (χ2n) is 22.9. The number of aromatic amines is 1. The van der Waals surface area contributed by atoms with Crippen LogP contribution in [0, 0.1) is 79.7 Å². The number of likely N-dealkylation sites (tertiary alicyclic amines) is 1. The van der Waals surface area contributed by atoms with E-state index in [1.807, 2.05) is 19.9 Å². The minimum atomic E-state index is -0.826. The van der Waals surface area contributed by atoms with Gasteiger partial charge in [0.05, 0.1) is 35.2 Å². The number of halogens is 1. The Hall–Kier alpha value is -3.49. The molecule has 2 heterocycles. The Balaban J connectivity index is 0.969. The number of hydrogen-bond acceptors (Lipinski definition) is 5. The van der Waals surface area contributed by atoms with Crippen LogP contribution in [0.15, 0.2) is 42.6 Å². The van der Waals surface area contributed by atoms with Gasteiger partial charge in [-0.15, -0.1) is 0 Å². The van der Waals surface area contributed by atoms with Gasteiger partial charge >= 0.3 is 11.9 Å². The number of aliphatic carboxylic acids is 1. The number of carboxylic acids is 1. The average molecular weight is 824 g/mol. The summed E-state index contributed by atoms with van der Waals surface area (Å²) in [4.78, 5) is 51.4. The van der Waals surface area contributed by atoms with Crippen LogP contribution in [-0.4, -0.2) is 50.5 Å². The SMILES string of the molecule is C=C(C)[C@@H]1CC[C@]2(C(=O)N3CCC[C@H]3c3ncc(-c4ccccc4F)[nH]3)CC[C@]3(C)[C@H](CC[C@@H]4[C@@]5(C)CC[C@H](OC(=O)[C@H]6C[C@@H](C(=O)O)C6(C)C)C(C)(C)[C@@H]5CC[C@]43C)[C@@H]12. The largest absolute Gasteiger partial charge is 0.481 e. The van der Waals surface area contributed by atoms with Crippen LogP contribution in [0.25, 0.3) is 11.3 Å². The van der Waals surface area contributed by atoms with Crippen molar-refractivity contribution in [1.82, 2.24) is 14.9 Å². The number of allylic oxidation sites excluding steroid dienone is 1. The van der Waals surface area contributed by atoms with Crippen LogP contribution < -0.4 is 0 Å². The summed E-state index contributed by atoms with van der Waals surface area (Å²) >= 11 is 0. The molecule has 0 unspecified atom stereocenters. The van der Waals surface area contributed by atoms with Gasteiger partial charge in [0.1, 0.15) is 17.7 Å². The molecule has 1 aromatic carbocycles. The van der Waals surface area contributed by atoms with Crippen molar-refractivity contribution >= 4 is 17.8 Å². The molecule has 6 aliphatic carbocycles. The van der Waals surface area contributed by atoms with Crippen LogP contribution in [0.2, 0.25) is 0 Å². The Kier molecular flexibility index (Phi) is 9.77. The molecule has 1 amide bonds. The first kappa shape index (κ1) is 41.8. The van der Waals surface area contributed by atoms with E-state index in [-0.39, 0.29) is 57.4 Å². The maximum Gasteiger partial charge on any atom is 0.309 e. The summed E-state index contributed by atoms with van der Waals surface area (Å²) < 4.78 is 21.2. The first-order valence-electron chi connectivity index (χ1n) is 23.4. The van der Waals surface area contributed by atoms with Gasteiger partial charge in [-0.3, -0.25) is 14.4 Å². The predicted octanol–water partition coefficient (Wildman–Crippen LogP) is 11.2. The van der Waals surface area contributed by atoms with Gasteiger partial charge in [0.25, 0.3) is 0 Å². The van der Waals surface area contributed by atoms with Crippen molar-refractivity contribution in [2.24, 2.45) is 73.9 Å². The highest BCUT2D eigenvalue weighted by atomic mass is 19.1. The van der Waals surface area contributed by atoms with E-state index in [2.05, 4.69) is 58.0 Å². The highest BCUT2D eigenvalue weighted by molar-refractivity contribution is 5.85. The van der Waals surface area contributed by atoms with Gasteiger partial charge in [-0.25, -0.2) is 9.37 Å². The van der Waals surface area contributed by atoms with Crippen molar-refractivity contribution in [2.45, 2.75) is 151 Å². The van der Waals surface area contributed by atoms with Crippen LogP contribution in [0.1, 0.15) is 151 Å². The summed E-state index contributed by atoms with van der Waals surface area (Å²) in [5.41, 5.74) is 1.40. The molecule has 9 rings (SSSR count). The Morgan fingerprint density at radius 3 is 2.32 bits per heavy atom. The summed E-state index contributed by atoms with van der Waals surface area (Å²) in [5, 5.41) is 9.70. The van der Waals surface area contributed by atoms with Crippen LogP contribution >= 0.6 is 0 Å². The lowest BCUT2D eigenvalue weighted by molar-refractivity contribution is -0.251. The minimum Gasteiger partial charge on any atom is -0.481 e. The number of nitrogens with zero attached hydrogens (tertiary/aromatic N) is 2. The van der Waals surface area contributed by atoms with Gasteiger partial charge in [0.2, 0.25) is 5.91 Å². The lowest BCUT2D eigenvalue weighted by Crippen LogP contribution is -2.67. The number of H-pyrrole nitrogens is 1. The third-order valence-electron chi connectivity index (χ3n) is 20.1. The first-order chi connectivity index (χ1) is 28.2. The molecule has 1 aliphatic heterocycles. The van der Waals surface area contributed by atoms with E-state index in [0.29, 0.717) is 47.3 Å². The number of carbonyl (C=O) groups excluding carboxylic acids is 2. The first-order valence-corrected chi connectivity index (χ1v) is 23.4. The van der Waals surface area contributed by atoms with Gasteiger partial charge in [0, 0.05) is 17.5 Å². The Morgan fingerprint density at radius 2 is 1.62 bits per heavy atom. The molecule has 1 saturated heterocycles. The number of rotatable bonds is 7. The number of benzene rings is 1. The van der Waals surface area contributed by atoms with Crippen molar-refractivity contribution < 1.29 is 28.6 Å². The van der Waals surface area contributed by atoms with Gasteiger partial charge in [-0.05, 0) is 154 Å². The molecule has 2 N–H and O–H groups in total. The van der Waals surface area contributed by atoms with Crippen molar-refractivity contribution in [3.05, 3.63) is 54.3 Å². The number of nitrogens with one attached hydrogen (secondary N) is 1. The second kappa shape index (κ2) is 14.0. The molecule has 6 saturated carbocycles. The predicted molar refractivity (Wildman–Crippen MR) is 230 cm³/mol. The third-order valence-corrected chi connectivity index (χ3v) is 20.1. The highest BCUT2D eigenvalue weighted by Gasteiger charge is 2.72. The molecule has 7 fully saturated rings. The fourth-order valence-corrected chi connectivity index (χ4v) is 16.6. The van der Waals surface area contributed by atoms with E-state index in [1.165, 1.54) is 11.6 Å². The molecule has 60 heavy (non-hydrogen) atoms. The van der Waals surface area contributed by atoms with E-state index < -0.39 is 22.7 Å². The number of carboxylic acid groups (broad SMARTS) is 1. The highest BCUT2D eigenvalue weighted by Crippen LogP contribution is 2.78. The summed E-state index contributed by atoms with van der Waals surface area (Å²) in [6.07, 6.45) is 13.9. The Bertz CT molecular complexity index is 2090. The summed E-state index contributed by atoms with van der Waals surface area (Å²) in [6.45, 7) is 23.8. The second-order valence-corrected chi connectivity index (χ2v) is 22.9. The van der Waals surface area contributed by atoms with E-state index in [9.17, 15) is 19.1 Å². The molecule has 1 aromatic heterocycles.